The normalized spacial score (nSPS) is 28.8. The number of alkyl halides is 2. The van der Waals surface area contributed by atoms with Crippen molar-refractivity contribution >= 4 is 0 Å². The summed E-state index contributed by atoms with van der Waals surface area (Å²) in [5.74, 6) is -0.893. The lowest BCUT2D eigenvalue weighted by Gasteiger charge is -2.32. The standard InChI is InChI=1S/C20H25F3O5/c1-2-3-13-9-24-18(25-10-13)7-4-14-11-26-19(27-12-14)15-5-6-17(16(21)8-15)28-20(22)23/h2-3,5-6,8,13-14,18-20H,4,7,9-12H2,1H3/t13-,14-,18-,19-. The van der Waals surface area contributed by atoms with E-state index in [1.807, 2.05) is 13.0 Å². The molecule has 1 aromatic carbocycles. The molecule has 2 heterocycles. The van der Waals surface area contributed by atoms with Gasteiger partial charge >= 0.3 is 6.61 Å². The number of ether oxygens (including phenoxy) is 5. The van der Waals surface area contributed by atoms with Crippen molar-refractivity contribution in [1.82, 2.24) is 0 Å². The Labute approximate surface area is 162 Å². The van der Waals surface area contributed by atoms with Crippen LogP contribution >= 0.6 is 0 Å². The fourth-order valence-electron chi connectivity index (χ4n) is 3.24. The van der Waals surface area contributed by atoms with Gasteiger partial charge < -0.3 is 23.7 Å². The van der Waals surface area contributed by atoms with E-state index in [1.54, 1.807) is 0 Å². The molecule has 2 aliphatic heterocycles. The van der Waals surface area contributed by atoms with Crippen LogP contribution in [0.2, 0.25) is 0 Å². The Kier molecular flexibility index (Phi) is 7.73. The van der Waals surface area contributed by atoms with Crippen LogP contribution in [-0.2, 0) is 18.9 Å². The zero-order valence-corrected chi connectivity index (χ0v) is 15.7. The summed E-state index contributed by atoms with van der Waals surface area (Å²) in [5, 5.41) is 0. The molecule has 0 saturated carbocycles. The third-order valence-electron chi connectivity index (χ3n) is 4.68. The second-order valence-corrected chi connectivity index (χ2v) is 6.89. The first-order valence-electron chi connectivity index (χ1n) is 9.38. The first kappa shape index (κ1) is 21.1. The molecule has 0 atom stereocenters. The van der Waals surface area contributed by atoms with E-state index in [0.717, 1.165) is 25.0 Å². The third-order valence-corrected chi connectivity index (χ3v) is 4.68. The van der Waals surface area contributed by atoms with Gasteiger partial charge in [-0.25, -0.2) is 4.39 Å². The number of halogens is 3. The highest BCUT2D eigenvalue weighted by molar-refractivity contribution is 5.30. The van der Waals surface area contributed by atoms with Crippen LogP contribution < -0.4 is 4.74 Å². The van der Waals surface area contributed by atoms with E-state index in [2.05, 4.69) is 10.8 Å². The molecule has 0 aliphatic carbocycles. The van der Waals surface area contributed by atoms with Crippen LogP contribution in [0.5, 0.6) is 5.75 Å². The number of hydrogen-bond donors (Lipinski definition) is 0. The topological polar surface area (TPSA) is 46.2 Å². The molecule has 2 saturated heterocycles. The largest absolute Gasteiger partial charge is 0.432 e. The Hall–Kier alpha value is -1.61. The van der Waals surface area contributed by atoms with Crippen LogP contribution in [0.15, 0.2) is 30.4 Å². The van der Waals surface area contributed by atoms with Gasteiger partial charge in [-0.05, 0) is 31.9 Å². The van der Waals surface area contributed by atoms with Crippen molar-refractivity contribution in [2.75, 3.05) is 26.4 Å². The van der Waals surface area contributed by atoms with Crippen molar-refractivity contribution in [2.45, 2.75) is 39.0 Å². The summed E-state index contributed by atoms with van der Waals surface area (Å²) in [6.45, 7) is 1.12. The van der Waals surface area contributed by atoms with Gasteiger partial charge in [0, 0.05) is 17.4 Å². The molecular weight excluding hydrogens is 377 g/mol. The number of rotatable bonds is 7. The van der Waals surface area contributed by atoms with E-state index < -0.39 is 24.5 Å². The fraction of sp³-hybridized carbons (Fsp3) is 0.600. The summed E-state index contributed by atoms with van der Waals surface area (Å²) in [6, 6.07) is 3.69. The van der Waals surface area contributed by atoms with Gasteiger partial charge in [-0.2, -0.15) is 8.78 Å². The van der Waals surface area contributed by atoms with E-state index in [9.17, 15) is 13.2 Å². The van der Waals surface area contributed by atoms with E-state index >= 15 is 0 Å². The predicted molar refractivity (Wildman–Crippen MR) is 94.4 cm³/mol. The number of benzene rings is 1. The highest BCUT2D eigenvalue weighted by Crippen LogP contribution is 2.30. The zero-order valence-electron chi connectivity index (χ0n) is 15.7. The second kappa shape index (κ2) is 10.2. The molecule has 5 nitrogen and oxygen atoms in total. The maximum Gasteiger partial charge on any atom is 0.387 e. The molecule has 28 heavy (non-hydrogen) atoms. The molecule has 0 bridgehead atoms. The summed E-state index contributed by atoms with van der Waals surface area (Å²) in [5.41, 5.74) is 0.423. The first-order valence-corrected chi connectivity index (χ1v) is 9.38. The molecule has 2 aliphatic rings. The lowest BCUT2D eigenvalue weighted by atomic mass is 10.0. The molecule has 0 N–H and O–H groups in total. The van der Waals surface area contributed by atoms with E-state index in [4.69, 9.17) is 18.9 Å². The minimum absolute atomic E-state index is 0.183. The molecule has 2 fully saturated rings. The van der Waals surface area contributed by atoms with E-state index in [-0.39, 0.29) is 12.2 Å². The van der Waals surface area contributed by atoms with E-state index in [1.165, 1.54) is 6.07 Å². The molecule has 156 valence electrons. The predicted octanol–water partition coefficient (Wildman–Crippen LogP) is 4.43. The molecule has 0 aromatic heterocycles. The van der Waals surface area contributed by atoms with Crippen molar-refractivity contribution in [3.8, 4) is 5.75 Å². The Morgan fingerprint density at radius 2 is 1.79 bits per heavy atom. The van der Waals surface area contributed by atoms with E-state index in [0.29, 0.717) is 37.9 Å². The SMILES string of the molecule is CC=C[C@H]1CO[C@H](CC[C@H]2CO[C@H](c3ccc(OC(F)F)c(F)c3)OC2)OC1. The molecule has 3 rings (SSSR count). The maximum atomic E-state index is 13.8. The highest BCUT2D eigenvalue weighted by atomic mass is 19.3. The van der Waals surface area contributed by atoms with Crippen LogP contribution in [0.25, 0.3) is 0 Å². The first-order chi connectivity index (χ1) is 13.5. The number of allylic oxidation sites excluding steroid dienone is 1. The monoisotopic (exact) mass is 402 g/mol. The zero-order chi connectivity index (χ0) is 19.9. The minimum atomic E-state index is -3.07. The summed E-state index contributed by atoms with van der Waals surface area (Å²) < 4.78 is 65.1. The average Bonchev–Trinajstić information content (AvgIpc) is 2.69. The molecule has 0 unspecified atom stereocenters. The molecule has 0 radical (unpaired) electrons. The smallest absolute Gasteiger partial charge is 0.387 e. The Bertz CT molecular complexity index is 639. The van der Waals surface area contributed by atoms with Crippen molar-refractivity contribution in [2.24, 2.45) is 11.8 Å². The average molecular weight is 402 g/mol. The molecule has 0 spiro atoms. The van der Waals surface area contributed by atoms with Crippen LogP contribution in [-0.4, -0.2) is 39.3 Å². The highest BCUT2D eigenvalue weighted by Gasteiger charge is 2.27. The van der Waals surface area contributed by atoms with Crippen molar-refractivity contribution < 1.29 is 36.9 Å². The second-order valence-electron chi connectivity index (χ2n) is 6.89. The minimum Gasteiger partial charge on any atom is -0.432 e. The summed E-state index contributed by atoms with van der Waals surface area (Å²) in [4.78, 5) is 0. The van der Waals surface area contributed by atoms with Gasteiger partial charge in [0.15, 0.2) is 24.1 Å². The van der Waals surface area contributed by atoms with Crippen molar-refractivity contribution in [1.29, 1.82) is 0 Å². The molecular formula is C20H25F3O5. The van der Waals surface area contributed by atoms with Gasteiger partial charge in [0.05, 0.1) is 26.4 Å². The van der Waals surface area contributed by atoms with Gasteiger partial charge in [-0.3, -0.25) is 0 Å². The Balaban J connectivity index is 1.40. The number of hydrogen-bond acceptors (Lipinski definition) is 5. The Morgan fingerprint density at radius 1 is 1.07 bits per heavy atom. The van der Waals surface area contributed by atoms with Gasteiger partial charge in [-0.1, -0.05) is 18.2 Å². The van der Waals surface area contributed by atoms with Crippen LogP contribution in [0, 0.1) is 17.7 Å². The van der Waals surface area contributed by atoms with Gasteiger partial charge in [0.2, 0.25) is 0 Å². The maximum absolute atomic E-state index is 13.8. The van der Waals surface area contributed by atoms with Crippen LogP contribution in [0.4, 0.5) is 13.2 Å². The fourth-order valence-corrected chi connectivity index (χ4v) is 3.24. The lowest BCUT2D eigenvalue weighted by Crippen LogP contribution is -2.33. The summed E-state index contributed by atoms with van der Waals surface area (Å²) in [6.07, 6.45) is 4.70. The quantitative estimate of drug-likeness (QED) is 0.632. The summed E-state index contributed by atoms with van der Waals surface area (Å²) >= 11 is 0. The van der Waals surface area contributed by atoms with Crippen molar-refractivity contribution in [3.05, 3.63) is 41.7 Å². The third kappa shape index (κ3) is 5.94. The van der Waals surface area contributed by atoms with Gasteiger partial charge in [-0.15, -0.1) is 0 Å². The molecule has 8 heteroatoms. The molecule has 0 amide bonds. The summed E-state index contributed by atoms with van der Waals surface area (Å²) in [7, 11) is 0. The van der Waals surface area contributed by atoms with Gasteiger partial charge in [0.1, 0.15) is 0 Å². The van der Waals surface area contributed by atoms with Crippen LogP contribution in [0.3, 0.4) is 0 Å². The lowest BCUT2D eigenvalue weighted by molar-refractivity contribution is -0.217. The van der Waals surface area contributed by atoms with Crippen LogP contribution in [0.1, 0.15) is 31.6 Å². The Morgan fingerprint density at radius 3 is 2.39 bits per heavy atom. The van der Waals surface area contributed by atoms with Gasteiger partial charge in [0.25, 0.3) is 0 Å². The van der Waals surface area contributed by atoms with Crippen molar-refractivity contribution in [3.63, 3.8) is 0 Å². The molecule has 1 aromatic rings.